The number of fused-ring (bicyclic) bond motifs is 3. The predicted octanol–water partition coefficient (Wildman–Crippen LogP) is 4.66. The Morgan fingerprint density at radius 1 is 1.07 bits per heavy atom. The maximum absolute atomic E-state index is 6.02. The van der Waals surface area contributed by atoms with E-state index < -0.39 is 0 Å². The van der Waals surface area contributed by atoms with Crippen LogP contribution in [-0.4, -0.2) is 37.8 Å². The van der Waals surface area contributed by atoms with E-state index in [4.69, 9.17) is 16.3 Å². The molecule has 7 heteroatoms. The summed E-state index contributed by atoms with van der Waals surface area (Å²) in [6, 6.07) is 11.7. The summed E-state index contributed by atoms with van der Waals surface area (Å²) in [5, 5.41) is 8.85. The molecule has 152 valence electrons. The summed E-state index contributed by atoms with van der Waals surface area (Å²) < 4.78 is 7.77. The number of halogens is 1. The van der Waals surface area contributed by atoms with Crippen molar-refractivity contribution in [3.63, 3.8) is 0 Å². The van der Waals surface area contributed by atoms with Gasteiger partial charge in [0.1, 0.15) is 12.4 Å². The van der Waals surface area contributed by atoms with Crippen LogP contribution < -0.4 is 4.74 Å². The molecule has 1 saturated carbocycles. The molecule has 3 heterocycles. The van der Waals surface area contributed by atoms with Crippen molar-refractivity contribution in [1.29, 1.82) is 0 Å². The maximum Gasteiger partial charge on any atom is 0.213 e. The molecule has 2 aromatic heterocycles. The first-order valence-electron chi connectivity index (χ1n) is 10.1. The van der Waals surface area contributed by atoms with Gasteiger partial charge in [-0.1, -0.05) is 24.1 Å². The Bertz CT molecular complexity index is 924. The topological polar surface area (TPSA) is 56.1 Å². The minimum atomic E-state index is 0.406. The van der Waals surface area contributed by atoms with Crippen molar-refractivity contribution in [1.82, 2.24) is 24.6 Å². The summed E-state index contributed by atoms with van der Waals surface area (Å²) in [4.78, 5) is 6.35. The minimum Gasteiger partial charge on any atom is -0.474 e. The van der Waals surface area contributed by atoms with Gasteiger partial charge in [0.25, 0.3) is 0 Å². The maximum atomic E-state index is 6.02. The predicted molar refractivity (Wildman–Crippen MR) is 113 cm³/mol. The lowest BCUT2D eigenvalue weighted by molar-refractivity contribution is 0.148. The van der Waals surface area contributed by atoms with E-state index in [1.165, 1.54) is 37.7 Å². The SMILES string of the molecule is CN1Cc2cc(Cl)ccc2-n2cnnc2C1.c1ccc(OC2CCCCC2)nc1. The Kier molecular flexibility index (Phi) is 6.42. The zero-order valence-corrected chi connectivity index (χ0v) is 17.4. The number of ether oxygens (including phenoxy) is 1. The molecule has 5 rings (SSSR count). The van der Waals surface area contributed by atoms with Crippen LogP contribution in [0.25, 0.3) is 5.69 Å². The molecule has 3 aromatic rings. The molecule has 0 atom stereocenters. The van der Waals surface area contributed by atoms with Gasteiger partial charge in [0.15, 0.2) is 5.82 Å². The Hall–Kier alpha value is -2.44. The molecule has 0 spiro atoms. The average molecular weight is 412 g/mol. The van der Waals surface area contributed by atoms with Gasteiger partial charge in [-0.05, 0) is 62.6 Å². The van der Waals surface area contributed by atoms with E-state index >= 15 is 0 Å². The number of nitrogens with zero attached hydrogens (tertiary/aromatic N) is 5. The van der Waals surface area contributed by atoms with Gasteiger partial charge in [-0.15, -0.1) is 10.2 Å². The summed E-state index contributed by atoms with van der Waals surface area (Å²) in [7, 11) is 2.06. The lowest BCUT2D eigenvalue weighted by Crippen LogP contribution is -2.19. The van der Waals surface area contributed by atoms with Gasteiger partial charge in [0.05, 0.1) is 12.2 Å². The van der Waals surface area contributed by atoms with Crippen LogP contribution in [0.1, 0.15) is 43.5 Å². The summed E-state index contributed by atoms with van der Waals surface area (Å²) in [6.45, 7) is 1.67. The lowest BCUT2D eigenvalue weighted by atomic mass is 9.98. The Balaban J connectivity index is 0.000000145. The van der Waals surface area contributed by atoms with Gasteiger partial charge in [-0.2, -0.15) is 0 Å². The zero-order chi connectivity index (χ0) is 20.1. The van der Waals surface area contributed by atoms with E-state index in [9.17, 15) is 0 Å². The van der Waals surface area contributed by atoms with Crippen LogP contribution in [0.2, 0.25) is 5.02 Å². The summed E-state index contributed by atoms with van der Waals surface area (Å²) in [5.41, 5.74) is 2.32. The molecule has 1 aliphatic carbocycles. The molecule has 0 amide bonds. The van der Waals surface area contributed by atoms with Gasteiger partial charge < -0.3 is 4.74 Å². The molecule has 0 radical (unpaired) electrons. The second-order valence-corrected chi connectivity index (χ2v) is 8.04. The highest BCUT2D eigenvalue weighted by Gasteiger charge is 2.18. The fourth-order valence-corrected chi connectivity index (χ4v) is 4.04. The summed E-state index contributed by atoms with van der Waals surface area (Å²) >= 11 is 6.02. The fourth-order valence-electron chi connectivity index (χ4n) is 3.84. The molecule has 2 aliphatic rings. The van der Waals surface area contributed by atoms with Crippen molar-refractivity contribution in [2.24, 2.45) is 0 Å². The van der Waals surface area contributed by atoms with E-state index in [0.29, 0.717) is 6.10 Å². The van der Waals surface area contributed by atoms with Crippen molar-refractivity contribution in [2.45, 2.75) is 51.3 Å². The molecule has 29 heavy (non-hydrogen) atoms. The average Bonchev–Trinajstić information content (AvgIpc) is 3.13. The standard InChI is InChI=1S/C11H11ClN4.C11H15NO/c1-15-5-8-4-9(12)2-3-10(8)16-7-13-14-11(16)6-15;1-2-6-10(7-3-1)13-11-8-4-5-9-12-11/h2-4,7H,5-6H2,1H3;4-5,8-10H,1-3,6-7H2. The number of pyridine rings is 1. The Morgan fingerprint density at radius 3 is 2.72 bits per heavy atom. The van der Waals surface area contributed by atoms with Gasteiger partial charge >= 0.3 is 0 Å². The molecule has 0 unspecified atom stereocenters. The monoisotopic (exact) mass is 411 g/mol. The van der Waals surface area contributed by atoms with Crippen molar-refractivity contribution in [3.8, 4) is 11.6 Å². The number of rotatable bonds is 2. The van der Waals surface area contributed by atoms with Crippen LogP contribution >= 0.6 is 11.6 Å². The number of hydrogen-bond donors (Lipinski definition) is 0. The van der Waals surface area contributed by atoms with Crippen molar-refractivity contribution < 1.29 is 4.74 Å². The molecule has 0 saturated heterocycles. The second kappa shape index (κ2) is 9.37. The molecule has 0 N–H and O–H groups in total. The Morgan fingerprint density at radius 2 is 1.93 bits per heavy atom. The molecule has 0 bridgehead atoms. The van der Waals surface area contributed by atoms with Crippen LogP contribution in [0.4, 0.5) is 0 Å². The van der Waals surface area contributed by atoms with Gasteiger partial charge in [0, 0.05) is 23.8 Å². The van der Waals surface area contributed by atoms with E-state index in [1.54, 1.807) is 12.5 Å². The largest absolute Gasteiger partial charge is 0.474 e. The van der Waals surface area contributed by atoms with Crippen molar-refractivity contribution >= 4 is 11.6 Å². The minimum absolute atomic E-state index is 0.406. The molecule has 1 aliphatic heterocycles. The first kappa shape index (κ1) is 19.9. The van der Waals surface area contributed by atoms with Crippen LogP contribution in [0, 0.1) is 0 Å². The number of benzene rings is 1. The fraction of sp³-hybridized carbons (Fsp3) is 0.409. The first-order chi connectivity index (χ1) is 14.2. The van der Waals surface area contributed by atoms with Crippen molar-refractivity contribution in [2.75, 3.05) is 7.05 Å². The number of hydrogen-bond acceptors (Lipinski definition) is 5. The van der Waals surface area contributed by atoms with E-state index in [1.807, 2.05) is 41.0 Å². The van der Waals surface area contributed by atoms with Crippen LogP contribution in [0.3, 0.4) is 0 Å². The van der Waals surface area contributed by atoms with Gasteiger partial charge in [0.2, 0.25) is 5.88 Å². The third-order valence-corrected chi connectivity index (χ3v) is 5.48. The smallest absolute Gasteiger partial charge is 0.213 e. The van der Waals surface area contributed by atoms with Crippen LogP contribution in [0.15, 0.2) is 48.9 Å². The summed E-state index contributed by atoms with van der Waals surface area (Å²) in [5.74, 6) is 1.73. The molecular weight excluding hydrogens is 386 g/mol. The third kappa shape index (κ3) is 5.14. The van der Waals surface area contributed by atoms with Crippen molar-refractivity contribution in [3.05, 3.63) is 65.3 Å². The van der Waals surface area contributed by atoms with Gasteiger partial charge in [-0.3, -0.25) is 9.47 Å². The number of aromatic nitrogens is 4. The summed E-state index contributed by atoms with van der Waals surface area (Å²) in [6.07, 6.45) is 10.3. The normalized spacial score (nSPS) is 16.8. The second-order valence-electron chi connectivity index (χ2n) is 7.61. The Labute approximate surface area is 176 Å². The third-order valence-electron chi connectivity index (χ3n) is 5.25. The van der Waals surface area contributed by atoms with Gasteiger partial charge in [-0.25, -0.2) is 4.98 Å². The first-order valence-corrected chi connectivity index (χ1v) is 10.5. The van der Waals surface area contributed by atoms with Crippen LogP contribution in [-0.2, 0) is 13.1 Å². The lowest BCUT2D eigenvalue weighted by Gasteiger charge is -2.22. The van der Waals surface area contributed by atoms with E-state index in [-0.39, 0.29) is 0 Å². The molecule has 6 nitrogen and oxygen atoms in total. The highest BCUT2D eigenvalue weighted by Crippen LogP contribution is 2.25. The molecule has 1 fully saturated rings. The zero-order valence-electron chi connectivity index (χ0n) is 16.7. The molecule has 1 aromatic carbocycles. The quantitative estimate of drug-likeness (QED) is 0.613. The van der Waals surface area contributed by atoms with E-state index in [0.717, 1.165) is 35.5 Å². The highest BCUT2D eigenvalue weighted by molar-refractivity contribution is 6.30. The molecular formula is C22H26ClN5O. The highest BCUT2D eigenvalue weighted by atomic mass is 35.5. The van der Waals surface area contributed by atoms with Crippen LogP contribution in [0.5, 0.6) is 5.88 Å². The van der Waals surface area contributed by atoms with E-state index in [2.05, 4.69) is 27.1 Å².